The van der Waals surface area contributed by atoms with E-state index in [-0.39, 0.29) is 36.9 Å². The predicted molar refractivity (Wildman–Crippen MR) is 4.12 cm³/mol. The molecule has 0 fully saturated rings. The van der Waals surface area contributed by atoms with Gasteiger partial charge in [-0.15, -0.1) is 0 Å². The van der Waals surface area contributed by atoms with Crippen LogP contribution in [0.25, 0.3) is 0 Å². The number of hydrogen-bond acceptors (Lipinski definition) is 9. The summed E-state index contributed by atoms with van der Waals surface area (Å²) < 4.78 is 77.6. The molecule has 84 valence electrons. The molecule has 0 aliphatic carbocycles. The van der Waals surface area contributed by atoms with Crippen molar-refractivity contribution in [2.24, 2.45) is 0 Å². The van der Waals surface area contributed by atoms with E-state index in [9.17, 15) is 0 Å². The van der Waals surface area contributed by atoms with Crippen LogP contribution < -0.4 is 10.8 Å². The maximum atomic E-state index is 8.62. The zero-order chi connectivity index (χ0) is 10.7. The van der Waals surface area contributed by atoms with Crippen LogP contribution in [0.15, 0.2) is 0 Å². The van der Waals surface area contributed by atoms with Crippen LogP contribution in [0, 0.1) is 36.9 Å². The van der Waals surface area contributed by atoms with Crippen LogP contribution in [-0.4, -0.2) is 0 Å². The number of hydrogen-bond donors (Lipinski definition) is 0. The molecule has 0 N–H and O–H groups in total. The quantitative estimate of drug-likeness (QED) is 0.234. The SMILES string of the molecule is [Lu+3].[O]=[Ta](=[O])[O-].[O]=[Ta](=[O])[O-].[O]=[Ta](=[O])[O-]. The Bertz CT molecular complexity index is 208. The van der Waals surface area contributed by atoms with Crippen molar-refractivity contribution < 1.29 is 124 Å². The van der Waals surface area contributed by atoms with Gasteiger partial charge in [-0.2, -0.15) is 0 Å². The Kier molecular flexibility index (Phi) is 36.9. The Morgan fingerprint density at radius 3 is 0.538 bits per heavy atom. The van der Waals surface area contributed by atoms with E-state index in [1.807, 2.05) is 0 Å². The molecule has 13 heavy (non-hydrogen) atoms. The van der Waals surface area contributed by atoms with Crippen molar-refractivity contribution >= 4 is 0 Å². The van der Waals surface area contributed by atoms with Crippen LogP contribution in [0.5, 0.6) is 0 Å². The molecule has 0 saturated heterocycles. The molecule has 9 nitrogen and oxygen atoms in total. The first-order valence-corrected chi connectivity index (χ1v) is 13.4. The molecule has 0 heterocycles. The van der Waals surface area contributed by atoms with Crippen LogP contribution in [-0.2, 0) is 75.9 Å². The molecular weight excluding hydrogens is 862 g/mol. The van der Waals surface area contributed by atoms with E-state index in [1.165, 1.54) is 0 Å². The third-order valence-corrected chi connectivity index (χ3v) is 0. The van der Waals surface area contributed by atoms with Gasteiger partial charge in [0.05, 0.1) is 0 Å². The van der Waals surface area contributed by atoms with Crippen LogP contribution in [0.3, 0.4) is 0 Å². The van der Waals surface area contributed by atoms with E-state index < -0.39 is 56.4 Å². The Balaban J connectivity index is -0.0000000450. The molecule has 0 amide bonds. The molecule has 0 unspecified atom stereocenters. The van der Waals surface area contributed by atoms with Gasteiger partial charge in [0.25, 0.3) is 0 Å². The van der Waals surface area contributed by atoms with E-state index in [0.717, 1.165) is 0 Å². The van der Waals surface area contributed by atoms with Gasteiger partial charge in [0.2, 0.25) is 0 Å². The first-order valence-electron chi connectivity index (χ1n) is 1.64. The molecule has 0 saturated carbocycles. The summed E-state index contributed by atoms with van der Waals surface area (Å²) in [5.41, 5.74) is 0. The second kappa shape index (κ2) is 19.7. The molecule has 0 aliphatic heterocycles. The van der Waals surface area contributed by atoms with E-state index in [2.05, 4.69) is 0 Å². The zero-order valence-corrected chi connectivity index (χ0v) is 16.6. The summed E-state index contributed by atoms with van der Waals surface area (Å²) in [5, 5.41) is 0. The molecule has 0 aromatic rings. The van der Waals surface area contributed by atoms with E-state index in [4.69, 9.17) is 30.3 Å². The van der Waals surface area contributed by atoms with E-state index >= 15 is 0 Å². The van der Waals surface area contributed by atoms with Crippen molar-refractivity contribution in [3.8, 4) is 0 Å². The summed E-state index contributed by atoms with van der Waals surface area (Å²) in [5.74, 6) is 0. The Labute approximate surface area is 121 Å². The molecule has 0 spiro atoms. The average Bonchev–Trinajstić information content (AvgIpc) is 1.54. The van der Waals surface area contributed by atoms with Crippen LogP contribution in [0.2, 0.25) is 0 Å². The second-order valence-electron chi connectivity index (χ2n) is 0.671. The molecule has 0 radical (unpaired) electrons. The van der Waals surface area contributed by atoms with Gasteiger partial charge < -0.3 is 0 Å². The Morgan fingerprint density at radius 2 is 0.538 bits per heavy atom. The fraction of sp³-hybridized carbons (Fsp3) is 0. The van der Waals surface area contributed by atoms with Crippen molar-refractivity contribution in [3.63, 3.8) is 0 Å². The fourth-order valence-electron chi connectivity index (χ4n) is 0. The topological polar surface area (TPSA) is 172 Å². The first kappa shape index (κ1) is 24.4. The fourth-order valence-corrected chi connectivity index (χ4v) is 0. The Morgan fingerprint density at radius 1 is 0.538 bits per heavy atom. The predicted octanol–water partition coefficient (Wildman–Crippen LogP) is -4.29. The molecule has 0 aliphatic rings. The first-order chi connectivity index (χ1) is 5.20. The maximum absolute atomic E-state index is 8.62. The molecule has 0 bridgehead atoms. The minimum absolute atomic E-state index is 0. The summed E-state index contributed by atoms with van der Waals surface area (Å²) in [6.45, 7) is 0. The molecule has 13 heteroatoms. The summed E-state index contributed by atoms with van der Waals surface area (Å²) >= 11 is -13.0. The Hall–Kier alpha value is 2.13. The average molecular weight is 862 g/mol. The summed E-state index contributed by atoms with van der Waals surface area (Å²) in [4.78, 5) is 0. The van der Waals surface area contributed by atoms with Crippen molar-refractivity contribution in [1.82, 2.24) is 0 Å². The third kappa shape index (κ3) is 457. The van der Waals surface area contributed by atoms with Crippen LogP contribution in [0.4, 0.5) is 0 Å². The monoisotopic (exact) mass is 862 g/mol. The van der Waals surface area contributed by atoms with Gasteiger partial charge in [0.1, 0.15) is 0 Å². The van der Waals surface area contributed by atoms with Crippen molar-refractivity contribution in [2.45, 2.75) is 0 Å². The molecule has 0 rings (SSSR count). The molecular formula is LuO9Ta3. The van der Waals surface area contributed by atoms with E-state index in [0.29, 0.717) is 0 Å². The van der Waals surface area contributed by atoms with Crippen LogP contribution in [0.1, 0.15) is 0 Å². The number of rotatable bonds is 0. The van der Waals surface area contributed by atoms with Gasteiger partial charge in [-0.25, -0.2) is 0 Å². The normalized spacial score (nSPS) is 5.77. The van der Waals surface area contributed by atoms with Crippen molar-refractivity contribution in [2.75, 3.05) is 0 Å². The van der Waals surface area contributed by atoms with Crippen molar-refractivity contribution in [3.05, 3.63) is 0 Å². The molecule has 0 aromatic carbocycles. The van der Waals surface area contributed by atoms with Crippen LogP contribution >= 0.6 is 0 Å². The standard InChI is InChI=1S/Lu.9O.3Ta/q+3;;;;;;;3*-1;;;. The minimum atomic E-state index is -4.34. The van der Waals surface area contributed by atoms with Gasteiger partial charge in [0, 0.05) is 0 Å². The van der Waals surface area contributed by atoms with Gasteiger partial charge in [-0.3, -0.25) is 0 Å². The summed E-state index contributed by atoms with van der Waals surface area (Å²) in [6, 6.07) is 0. The summed E-state index contributed by atoms with van der Waals surface area (Å²) in [6.07, 6.45) is 0. The third-order valence-electron chi connectivity index (χ3n) is 0. The van der Waals surface area contributed by atoms with E-state index in [1.54, 1.807) is 0 Å². The van der Waals surface area contributed by atoms with Gasteiger partial charge >= 0.3 is 124 Å². The molecule has 0 atom stereocenters. The van der Waals surface area contributed by atoms with Gasteiger partial charge in [0.15, 0.2) is 0 Å². The van der Waals surface area contributed by atoms with Gasteiger partial charge in [-0.05, 0) is 0 Å². The second-order valence-corrected chi connectivity index (χ2v) is 5.49. The van der Waals surface area contributed by atoms with Gasteiger partial charge in [-0.1, -0.05) is 0 Å². The molecule has 0 aromatic heterocycles. The summed E-state index contributed by atoms with van der Waals surface area (Å²) in [7, 11) is 0. The van der Waals surface area contributed by atoms with Crippen molar-refractivity contribution in [1.29, 1.82) is 0 Å². The zero-order valence-electron chi connectivity index (χ0n) is 5.27.